The van der Waals surface area contributed by atoms with E-state index in [9.17, 15) is 14.4 Å². The van der Waals surface area contributed by atoms with Gasteiger partial charge in [-0.1, -0.05) is 64.4 Å². The highest BCUT2D eigenvalue weighted by Crippen LogP contribution is 2.31. The van der Waals surface area contributed by atoms with Crippen LogP contribution in [0.15, 0.2) is 54.6 Å². The number of hydrogen-bond donors (Lipinski definition) is 2. The molecule has 0 aliphatic carbocycles. The van der Waals surface area contributed by atoms with Gasteiger partial charge in [-0.05, 0) is 41.7 Å². The summed E-state index contributed by atoms with van der Waals surface area (Å²) in [7, 11) is 3.17. The lowest BCUT2D eigenvalue weighted by molar-refractivity contribution is -0.141. The summed E-state index contributed by atoms with van der Waals surface area (Å²) in [5.41, 5.74) is 2.48. The Morgan fingerprint density at radius 1 is 0.974 bits per heavy atom. The van der Waals surface area contributed by atoms with E-state index in [1.165, 1.54) is 6.08 Å². The van der Waals surface area contributed by atoms with Crippen molar-refractivity contribution in [2.45, 2.75) is 52.4 Å². The number of hydrogen-bond acceptors (Lipinski definition) is 5. The minimum absolute atomic E-state index is 0.0864. The number of anilines is 1. The van der Waals surface area contributed by atoms with Crippen LogP contribution in [0.3, 0.4) is 0 Å². The van der Waals surface area contributed by atoms with Crippen molar-refractivity contribution in [3.05, 3.63) is 71.3 Å². The zero-order valence-electron chi connectivity index (χ0n) is 23.8. The van der Waals surface area contributed by atoms with Gasteiger partial charge in [0.05, 0.1) is 0 Å². The van der Waals surface area contributed by atoms with Crippen molar-refractivity contribution in [1.82, 2.24) is 10.2 Å². The number of carbonyl (C=O) groups excluding carboxylic acids is 3. The van der Waals surface area contributed by atoms with Crippen LogP contribution in [-0.4, -0.2) is 62.1 Å². The highest BCUT2D eigenvalue weighted by Gasteiger charge is 2.34. The Labute approximate surface area is 231 Å². The number of nitrogens with zero attached hydrogens (tertiary/aromatic N) is 1. The fraction of sp³-hybridized carbons (Fsp3) is 0.452. The van der Waals surface area contributed by atoms with E-state index in [0.29, 0.717) is 29.8 Å². The molecule has 1 aliphatic heterocycles. The first-order valence-electron chi connectivity index (χ1n) is 13.5. The third-order valence-electron chi connectivity index (χ3n) is 7.06. The van der Waals surface area contributed by atoms with Gasteiger partial charge in [0.25, 0.3) is 5.91 Å². The maximum atomic E-state index is 14.0. The summed E-state index contributed by atoms with van der Waals surface area (Å²) in [4.78, 5) is 42.0. The van der Waals surface area contributed by atoms with Gasteiger partial charge >= 0.3 is 0 Å². The largest absolute Gasteiger partial charge is 0.377 e. The molecule has 39 heavy (non-hydrogen) atoms. The molecule has 0 spiro atoms. The molecule has 0 saturated carbocycles. The van der Waals surface area contributed by atoms with E-state index >= 15 is 0 Å². The maximum Gasteiger partial charge on any atom is 0.255 e. The smallest absolute Gasteiger partial charge is 0.255 e. The van der Waals surface area contributed by atoms with E-state index in [-0.39, 0.29) is 36.1 Å². The van der Waals surface area contributed by atoms with E-state index in [2.05, 4.69) is 10.6 Å². The summed E-state index contributed by atoms with van der Waals surface area (Å²) < 4.78 is 11.8. The quantitative estimate of drug-likeness (QED) is 0.560. The number of rotatable bonds is 6. The number of methoxy groups -OCH3 is 2. The predicted octanol–water partition coefficient (Wildman–Crippen LogP) is 4.68. The van der Waals surface area contributed by atoms with Crippen LogP contribution < -0.4 is 10.6 Å². The van der Waals surface area contributed by atoms with E-state index in [1.807, 2.05) is 58.0 Å². The average molecular weight is 536 g/mol. The molecule has 3 rings (SSSR count). The lowest BCUT2D eigenvalue weighted by atomic mass is 9.96. The second-order valence-corrected chi connectivity index (χ2v) is 10.4. The Morgan fingerprint density at radius 2 is 1.72 bits per heavy atom. The highest BCUT2D eigenvalue weighted by molar-refractivity contribution is 6.05. The summed E-state index contributed by atoms with van der Waals surface area (Å²) in [6.45, 7) is 8.78. The first-order chi connectivity index (χ1) is 18.7. The Bertz CT molecular complexity index is 1180. The van der Waals surface area contributed by atoms with Crippen molar-refractivity contribution in [2.75, 3.05) is 32.6 Å². The number of ether oxygens (including phenoxy) is 2. The molecule has 2 aromatic carbocycles. The summed E-state index contributed by atoms with van der Waals surface area (Å²) in [5, 5.41) is 5.94. The second kappa shape index (κ2) is 14.1. The van der Waals surface area contributed by atoms with Crippen LogP contribution in [0, 0.1) is 11.8 Å². The Hall–Kier alpha value is -3.49. The topological polar surface area (TPSA) is 97.0 Å². The highest BCUT2D eigenvalue weighted by atomic mass is 16.5. The van der Waals surface area contributed by atoms with Gasteiger partial charge in [0, 0.05) is 50.2 Å². The van der Waals surface area contributed by atoms with E-state index in [1.54, 1.807) is 43.4 Å². The number of nitrogens with one attached hydrogen (secondary N) is 2. The zero-order chi connectivity index (χ0) is 28.5. The third kappa shape index (κ3) is 7.77. The molecular formula is C31H41N3O5. The fourth-order valence-electron chi connectivity index (χ4n) is 4.78. The number of benzene rings is 2. The molecule has 2 unspecified atom stereocenters. The number of carbonyl (C=O) groups is 3. The van der Waals surface area contributed by atoms with Gasteiger partial charge in [-0.25, -0.2) is 0 Å². The van der Waals surface area contributed by atoms with E-state index < -0.39 is 18.2 Å². The van der Waals surface area contributed by atoms with Gasteiger partial charge in [-0.15, -0.1) is 0 Å². The molecule has 3 amide bonds. The summed E-state index contributed by atoms with van der Waals surface area (Å²) in [6, 6.07) is 13.7. The molecule has 4 atom stereocenters. The van der Waals surface area contributed by atoms with Crippen LogP contribution in [-0.2, 0) is 19.1 Å². The standard InChI is InChI=1S/C31H41N3O5/c1-7-21(4)28-31(37)34(18-20(2)3)19-26(38-5)29(39-6)24-13-8-9-14-25(24)32-30(36)23-12-10-11-22(17-23)15-16-27(35)33-28/h8-17,20-21,26,28-29H,7,18-19H2,1-6H3,(H,32,36)(H,33,35)/b16-15+/t21?,26?,28-,29+/m0/s1. The van der Waals surface area contributed by atoms with Crippen molar-refractivity contribution >= 4 is 29.5 Å². The molecule has 1 aliphatic rings. The maximum absolute atomic E-state index is 14.0. The van der Waals surface area contributed by atoms with Crippen LogP contribution in [0.25, 0.3) is 6.08 Å². The lowest BCUT2D eigenvalue weighted by Gasteiger charge is -2.36. The normalized spacial score (nSPS) is 22.5. The van der Waals surface area contributed by atoms with Crippen molar-refractivity contribution in [3.8, 4) is 0 Å². The molecular weight excluding hydrogens is 494 g/mol. The third-order valence-corrected chi connectivity index (χ3v) is 7.06. The van der Waals surface area contributed by atoms with Gasteiger partial charge in [0.15, 0.2) is 0 Å². The molecule has 2 bridgehead atoms. The first-order valence-corrected chi connectivity index (χ1v) is 13.5. The Balaban J connectivity index is 2.15. The second-order valence-electron chi connectivity index (χ2n) is 10.4. The Kier molecular flexibility index (Phi) is 10.8. The molecule has 0 saturated heterocycles. The van der Waals surface area contributed by atoms with Crippen LogP contribution in [0.1, 0.15) is 61.7 Å². The first kappa shape index (κ1) is 30.1. The van der Waals surface area contributed by atoms with Crippen LogP contribution in [0.5, 0.6) is 0 Å². The molecule has 8 nitrogen and oxygen atoms in total. The number of para-hydroxylation sites is 1. The monoisotopic (exact) mass is 535 g/mol. The number of amides is 3. The van der Waals surface area contributed by atoms with Gasteiger partial charge in [-0.2, -0.15) is 0 Å². The summed E-state index contributed by atoms with van der Waals surface area (Å²) >= 11 is 0. The van der Waals surface area contributed by atoms with Gasteiger partial charge in [-0.3, -0.25) is 14.4 Å². The SMILES string of the molecule is CCC(C)[C@@H]1NC(=O)/C=C/c2cccc(c2)C(=O)Nc2ccccc2[C@@H](OC)C(OC)CN(CC(C)C)C1=O. The lowest BCUT2D eigenvalue weighted by Crippen LogP contribution is -2.54. The minimum Gasteiger partial charge on any atom is -0.377 e. The number of fused-ring (bicyclic) bond motifs is 3. The predicted molar refractivity (Wildman–Crippen MR) is 153 cm³/mol. The molecule has 0 radical (unpaired) electrons. The van der Waals surface area contributed by atoms with Crippen molar-refractivity contribution in [2.24, 2.45) is 11.8 Å². The summed E-state index contributed by atoms with van der Waals surface area (Å²) in [6.07, 6.45) is 2.65. The van der Waals surface area contributed by atoms with Gasteiger partial charge in [0.1, 0.15) is 18.2 Å². The van der Waals surface area contributed by atoms with E-state index in [4.69, 9.17) is 9.47 Å². The van der Waals surface area contributed by atoms with E-state index in [0.717, 1.165) is 5.56 Å². The average Bonchev–Trinajstić information content (AvgIpc) is 2.93. The molecule has 0 aromatic heterocycles. The molecule has 8 heteroatoms. The van der Waals surface area contributed by atoms with Crippen LogP contribution in [0.4, 0.5) is 5.69 Å². The zero-order valence-corrected chi connectivity index (χ0v) is 23.8. The molecule has 1 heterocycles. The van der Waals surface area contributed by atoms with Gasteiger partial charge < -0.3 is 25.0 Å². The minimum atomic E-state index is -0.707. The molecule has 2 aromatic rings. The summed E-state index contributed by atoms with van der Waals surface area (Å²) in [5.74, 6) is -0.722. The molecule has 2 N–H and O–H groups in total. The van der Waals surface area contributed by atoms with Crippen LogP contribution >= 0.6 is 0 Å². The molecule has 210 valence electrons. The van der Waals surface area contributed by atoms with Crippen molar-refractivity contribution in [3.63, 3.8) is 0 Å². The Morgan fingerprint density at radius 3 is 2.38 bits per heavy atom. The van der Waals surface area contributed by atoms with Crippen molar-refractivity contribution in [1.29, 1.82) is 0 Å². The fourth-order valence-corrected chi connectivity index (χ4v) is 4.78. The van der Waals surface area contributed by atoms with Crippen molar-refractivity contribution < 1.29 is 23.9 Å². The van der Waals surface area contributed by atoms with Crippen LogP contribution in [0.2, 0.25) is 0 Å². The van der Waals surface area contributed by atoms with Gasteiger partial charge in [0.2, 0.25) is 11.8 Å². The molecule has 0 fully saturated rings.